The van der Waals surface area contributed by atoms with E-state index < -0.39 is 5.82 Å². The van der Waals surface area contributed by atoms with E-state index in [2.05, 4.69) is 38.8 Å². The van der Waals surface area contributed by atoms with Crippen molar-refractivity contribution in [2.24, 2.45) is 0 Å². The van der Waals surface area contributed by atoms with E-state index in [1.165, 1.54) is 59.0 Å². The number of anilines is 3. The highest BCUT2D eigenvalue weighted by Gasteiger charge is 2.46. The fourth-order valence-corrected chi connectivity index (χ4v) is 6.04. The molecule has 9 heteroatoms. The third-order valence-corrected chi connectivity index (χ3v) is 7.90. The predicted octanol–water partition coefficient (Wildman–Crippen LogP) is 5.25. The van der Waals surface area contributed by atoms with Crippen molar-refractivity contribution < 1.29 is 9.18 Å². The SMILES string of the molecule is CC1Sc2nc(Nc3ccc4c(c3)CCNC43CC3)ncc2C(=O)N1c1c(F)cccc1Cl. The summed E-state index contributed by atoms with van der Waals surface area (Å²) in [5.74, 6) is -0.485. The van der Waals surface area contributed by atoms with Crippen LogP contribution in [0, 0.1) is 5.82 Å². The summed E-state index contributed by atoms with van der Waals surface area (Å²) >= 11 is 7.59. The van der Waals surface area contributed by atoms with Crippen LogP contribution in [-0.2, 0) is 12.0 Å². The largest absolute Gasteiger partial charge is 0.324 e. The third kappa shape index (κ3) is 3.48. The van der Waals surface area contributed by atoms with Gasteiger partial charge in [-0.2, -0.15) is 0 Å². The molecule has 0 radical (unpaired) electrons. The molecule has 0 saturated heterocycles. The maximum Gasteiger partial charge on any atom is 0.263 e. The minimum atomic E-state index is -0.540. The van der Waals surface area contributed by atoms with Crippen LogP contribution >= 0.6 is 23.4 Å². The number of aromatic nitrogens is 2. The summed E-state index contributed by atoms with van der Waals surface area (Å²) < 4.78 is 14.5. The van der Waals surface area contributed by atoms with Gasteiger partial charge in [0.15, 0.2) is 0 Å². The molecule has 2 aromatic carbocycles. The Labute approximate surface area is 199 Å². The topological polar surface area (TPSA) is 70.1 Å². The van der Waals surface area contributed by atoms with E-state index in [9.17, 15) is 9.18 Å². The molecular formula is C24H21ClFN5OS. The second kappa shape index (κ2) is 7.68. The smallest absolute Gasteiger partial charge is 0.263 e. The van der Waals surface area contributed by atoms with E-state index in [1.807, 2.05) is 6.92 Å². The van der Waals surface area contributed by atoms with Crippen LogP contribution in [0.5, 0.6) is 0 Å². The van der Waals surface area contributed by atoms with Gasteiger partial charge in [0, 0.05) is 24.0 Å². The summed E-state index contributed by atoms with van der Waals surface area (Å²) in [4.78, 5) is 23.5. The summed E-state index contributed by atoms with van der Waals surface area (Å²) in [7, 11) is 0. The molecule has 0 bridgehead atoms. The van der Waals surface area contributed by atoms with Crippen LogP contribution in [0.15, 0.2) is 47.6 Å². The average Bonchev–Trinajstić information content (AvgIpc) is 3.55. The molecule has 1 fully saturated rings. The molecule has 168 valence electrons. The molecule has 1 amide bonds. The molecule has 1 spiro atoms. The predicted molar refractivity (Wildman–Crippen MR) is 128 cm³/mol. The van der Waals surface area contributed by atoms with E-state index in [-0.39, 0.29) is 27.5 Å². The van der Waals surface area contributed by atoms with Gasteiger partial charge in [-0.15, -0.1) is 0 Å². The molecule has 1 aromatic heterocycles. The van der Waals surface area contributed by atoms with E-state index in [4.69, 9.17) is 11.6 Å². The zero-order valence-corrected chi connectivity index (χ0v) is 19.4. The Morgan fingerprint density at radius 3 is 2.94 bits per heavy atom. The number of benzene rings is 2. The number of hydrogen-bond acceptors (Lipinski definition) is 6. The van der Waals surface area contributed by atoms with Crippen LogP contribution < -0.4 is 15.5 Å². The Balaban J connectivity index is 1.28. The van der Waals surface area contributed by atoms with Gasteiger partial charge in [0.2, 0.25) is 5.95 Å². The van der Waals surface area contributed by atoms with Gasteiger partial charge in [0.25, 0.3) is 5.91 Å². The zero-order valence-electron chi connectivity index (χ0n) is 17.9. The van der Waals surface area contributed by atoms with E-state index in [0.29, 0.717) is 16.5 Å². The summed E-state index contributed by atoms with van der Waals surface area (Å²) in [5.41, 5.74) is 4.27. The molecule has 1 saturated carbocycles. The molecular weight excluding hydrogens is 461 g/mol. The van der Waals surface area contributed by atoms with Crippen molar-refractivity contribution in [3.05, 3.63) is 70.1 Å². The molecule has 6 rings (SSSR count). The molecule has 1 atom stereocenters. The molecule has 3 aliphatic rings. The molecule has 6 nitrogen and oxygen atoms in total. The number of rotatable bonds is 3. The molecule has 2 N–H and O–H groups in total. The summed E-state index contributed by atoms with van der Waals surface area (Å²) in [6, 6.07) is 10.8. The number of carbonyl (C=O) groups excluding carboxylic acids is 1. The molecule has 1 aliphatic carbocycles. The van der Waals surface area contributed by atoms with Gasteiger partial charge in [-0.1, -0.05) is 35.5 Å². The van der Waals surface area contributed by atoms with Crippen molar-refractivity contribution in [1.82, 2.24) is 15.3 Å². The van der Waals surface area contributed by atoms with Gasteiger partial charge < -0.3 is 10.6 Å². The lowest BCUT2D eigenvalue weighted by Gasteiger charge is -2.33. The van der Waals surface area contributed by atoms with E-state index in [1.54, 1.807) is 6.07 Å². The van der Waals surface area contributed by atoms with Gasteiger partial charge in [-0.25, -0.2) is 14.4 Å². The molecule has 33 heavy (non-hydrogen) atoms. The number of carbonyl (C=O) groups is 1. The van der Waals surface area contributed by atoms with Gasteiger partial charge in [0.1, 0.15) is 10.8 Å². The van der Waals surface area contributed by atoms with Crippen LogP contribution in [0.2, 0.25) is 5.02 Å². The third-order valence-electron chi connectivity index (χ3n) is 6.51. The quantitative estimate of drug-likeness (QED) is 0.498. The van der Waals surface area contributed by atoms with Gasteiger partial charge in [0.05, 0.1) is 21.6 Å². The van der Waals surface area contributed by atoms with E-state index in [0.717, 1.165) is 18.7 Å². The number of amides is 1. The first-order valence-corrected chi connectivity index (χ1v) is 12.2. The summed E-state index contributed by atoms with van der Waals surface area (Å²) in [6.45, 7) is 2.82. The number of nitrogens with zero attached hydrogens (tertiary/aromatic N) is 3. The van der Waals surface area contributed by atoms with Crippen LogP contribution in [0.3, 0.4) is 0 Å². The maximum absolute atomic E-state index is 14.5. The van der Waals surface area contributed by atoms with Crippen molar-refractivity contribution in [1.29, 1.82) is 0 Å². The summed E-state index contributed by atoms with van der Waals surface area (Å²) in [5, 5.41) is 7.30. The standard InChI is InChI=1S/C24H21ClFN5OS/c1-13-31(20-18(25)3-2-4-19(20)26)22(32)16-12-27-23(30-21(16)33-13)29-15-5-6-17-14(11-15)7-10-28-24(17)8-9-24/h2-6,11-13,28H,7-10H2,1H3,(H,27,29,30). The van der Waals surface area contributed by atoms with Crippen LogP contribution in [-0.4, -0.2) is 27.8 Å². The van der Waals surface area contributed by atoms with Crippen LogP contribution in [0.25, 0.3) is 0 Å². The normalized spacial score (nSPS) is 20.4. The highest BCUT2D eigenvalue weighted by Crippen LogP contribution is 2.49. The molecule has 3 aromatic rings. The Morgan fingerprint density at radius 1 is 1.30 bits per heavy atom. The van der Waals surface area contributed by atoms with Crippen molar-refractivity contribution in [2.45, 2.75) is 42.1 Å². The number of halogens is 2. The fourth-order valence-electron chi connectivity index (χ4n) is 4.75. The van der Waals surface area contributed by atoms with E-state index >= 15 is 0 Å². The molecule has 2 aliphatic heterocycles. The zero-order chi connectivity index (χ0) is 22.7. The lowest BCUT2D eigenvalue weighted by molar-refractivity contribution is 0.0978. The monoisotopic (exact) mass is 481 g/mol. The van der Waals surface area contributed by atoms with Gasteiger partial charge >= 0.3 is 0 Å². The highest BCUT2D eigenvalue weighted by atomic mass is 35.5. The number of thioether (sulfide) groups is 1. The van der Waals surface area contributed by atoms with Crippen molar-refractivity contribution in [3.63, 3.8) is 0 Å². The first-order valence-electron chi connectivity index (χ1n) is 10.9. The second-order valence-corrected chi connectivity index (χ2v) is 10.3. The second-order valence-electron chi connectivity index (χ2n) is 8.63. The molecule has 3 heterocycles. The number of fused-ring (bicyclic) bond motifs is 3. The minimum absolute atomic E-state index is 0.0778. The first kappa shape index (κ1) is 20.9. The Morgan fingerprint density at radius 2 is 2.15 bits per heavy atom. The minimum Gasteiger partial charge on any atom is -0.324 e. The molecule has 1 unspecified atom stereocenters. The summed E-state index contributed by atoms with van der Waals surface area (Å²) in [6.07, 6.45) is 4.88. The first-order chi connectivity index (χ1) is 15.9. The number of para-hydroxylation sites is 1. The van der Waals surface area contributed by atoms with Crippen LogP contribution in [0.4, 0.5) is 21.7 Å². The number of hydrogen-bond donors (Lipinski definition) is 2. The average molecular weight is 482 g/mol. The fraction of sp³-hybridized carbons (Fsp3) is 0.292. The van der Waals surface area contributed by atoms with Gasteiger partial charge in [-0.3, -0.25) is 9.69 Å². The number of nitrogens with one attached hydrogen (secondary N) is 2. The lowest BCUT2D eigenvalue weighted by atomic mass is 9.92. The Bertz CT molecular complexity index is 1280. The van der Waals surface area contributed by atoms with Crippen molar-refractivity contribution >= 4 is 46.6 Å². The van der Waals surface area contributed by atoms with Crippen molar-refractivity contribution in [3.8, 4) is 0 Å². The van der Waals surface area contributed by atoms with Crippen LogP contribution in [0.1, 0.15) is 41.3 Å². The van der Waals surface area contributed by atoms with Crippen molar-refractivity contribution in [2.75, 3.05) is 16.8 Å². The van der Waals surface area contributed by atoms with Gasteiger partial charge in [-0.05, 0) is 61.6 Å². The maximum atomic E-state index is 14.5. The Hall–Kier alpha value is -2.68. The highest BCUT2D eigenvalue weighted by molar-refractivity contribution is 8.00. The Kier molecular flexibility index (Phi) is 4.87. The lowest BCUT2D eigenvalue weighted by Crippen LogP contribution is -2.41.